The lowest BCUT2D eigenvalue weighted by Crippen LogP contribution is -2.40. The molecule has 0 saturated carbocycles. The molecular weight excluding hydrogens is 551 g/mol. The number of rotatable bonds is 5. The molecule has 5 rings (SSSR count). The number of nitrogen functional groups attached to an aromatic ring is 2. The number of anilines is 3. The van der Waals surface area contributed by atoms with Gasteiger partial charge >= 0.3 is 6.18 Å². The molecular formula is C30H34F3N5O4. The van der Waals surface area contributed by atoms with Crippen LogP contribution in [-0.4, -0.2) is 45.1 Å². The number of carbonyl (C=O) groups is 1. The van der Waals surface area contributed by atoms with E-state index in [4.69, 9.17) is 36.2 Å². The third kappa shape index (κ3) is 7.94. The predicted octanol–water partition coefficient (Wildman–Crippen LogP) is 5.66. The SMILES string of the molecule is C=O.COc1cc2nccc(Oc3cccc(N)c3)c2cc1OC.Nc1ccc(N2CCC(N)CC2)c(C(F)(F)F)c1. The lowest BCUT2D eigenvalue weighted by Gasteiger charge is -2.33. The van der Waals surface area contributed by atoms with E-state index in [0.717, 1.165) is 17.0 Å². The molecule has 1 aliphatic rings. The Morgan fingerprint density at radius 3 is 2.14 bits per heavy atom. The van der Waals surface area contributed by atoms with Crippen molar-refractivity contribution in [1.82, 2.24) is 4.98 Å². The van der Waals surface area contributed by atoms with E-state index in [1.54, 1.807) is 37.4 Å². The molecule has 6 N–H and O–H groups in total. The first-order valence-corrected chi connectivity index (χ1v) is 12.9. The second kappa shape index (κ2) is 14.3. The van der Waals surface area contributed by atoms with Gasteiger partial charge in [0.2, 0.25) is 0 Å². The molecule has 2 heterocycles. The van der Waals surface area contributed by atoms with Gasteiger partial charge in [-0.05, 0) is 55.3 Å². The highest BCUT2D eigenvalue weighted by Gasteiger charge is 2.35. The average Bonchev–Trinajstić information content (AvgIpc) is 2.98. The van der Waals surface area contributed by atoms with Crippen molar-refractivity contribution in [2.45, 2.75) is 25.1 Å². The first-order valence-electron chi connectivity index (χ1n) is 12.9. The second-order valence-corrected chi connectivity index (χ2v) is 9.31. The monoisotopic (exact) mass is 585 g/mol. The van der Waals surface area contributed by atoms with Gasteiger partial charge in [0.25, 0.3) is 0 Å². The number of nitrogens with two attached hydrogens (primary N) is 3. The van der Waals surface area contributed by atoms with Crippen LogP contribution in [0.3, 0.4) is 0 Å². The first kappa shape index (κ1) is 31.8. The zero-order valence-corrected chi connectivity index (χ0v) is 23.4. The topological polar surface area (TPSA) is 139 Å². The molecule has 1 aliphatic heterocycles. The van der Waals surface area contributed by atoms with E-state index >= 15 is 0 Å². The van der Waals surface area contributed by atoms with Crippen LogP contribution in [0.25, 0.3) is 10.9 Å². The molecule has 0 amide bonds. The summed E-state index contributed by atoms with van der Waals surface area (Å²) in [7, 11) is 3.19. The van der Waals surface area contributed by atoms with Gasteiger partial charge in [-0.3, -0.25) is 4.98 Å². The number of hydrogen-bond donors (Lipinski definition) is 3. The molecule has 0 spiro atoms. The maximum absolute atomic E-state index is 13.0. The van der Waals surface area contributed by atoms with Crippen LogP contribution in [0.5, 0.6) is 23.0 Å². The Labute approximate surface area is 242 Å². The molecule has 224 valence electrons. The van der Waals surface area contributed by atoms with Crippen molar-refractivity contribution >= 4 is 34.8 Å². The highest BCUT2D eigenvalue weighted by Crippen LogP contribution is 2.39. The van der Waals surface area contributed by atoms with Crippen LogP contribution in [0.1, 0.15) is 18.4 Å². The van der Waals surface area contributed by atoms with Gasteiger partial charge < -0.3 is 41.1 Å². The van der Waals surface area contributed by atoms with Crippen LogP contribution in [-0.2, 0) is 11.0 Å². The van der Waals surface area contributed by atoms with E-state index in [-0.39, 0.29) is 17.4 Å². The van der Waals surface area contributed by atoms with Crippen molar-refractivity contribution in [2.24, 2.45) is 5.73 Å². The number of fused-ring (bicyclic) bond motifs is 1. The van der Waals surface area contributed by atoms with Crippen LogP contribution >= 0.6 is 0 Å². The van der Waals surface area contributed by atoms with Gasteiger partial charge in [0.05, 0.1) is 25.3 Å². The zero-order valence-electron chi connectivity index (χ0n) is 23.4. The fraction of sp³-hybridized carbons (Fsp3) is 0.267. The number of aromatic nitrogens is 1. The number of hydrogen-bond acceptors (Lipinski definition) is 9. The summed E-state index contributed by atoms with van der Waals surface area (Å²) in [5.41, 5.74) is 18.0. The maximum atomic E-state index is 13.0. The van der Waals surface area contributed by atoms with Crippen molar-refractivity contribution in [3.05, 3.63) is 72.4 Å². The summed E-state index contributed by atoms with van der Waals surface area (Å²) in [4.78, 5) is 14.1. The van der Waals surface area contributed by atoms with E-state index in [1.165, 1.54) is 12.1 Å². The summed E-state index contributed by atoms with van der Waals surface area (Å²) < 4.78 is 55.4. The lowest BCUT2D eigenvalue weighted by molar-refractivity contribution is -0.137. The molecule has 12 heteroatoms. The van der Waals surface area contributed by atoms with Crippen LogP contribution < -0.4 is 36.3 Å². The molecule has 0 radical (unpaired) electrons. The molecule has 0 atom stereocenters. The average molecular weight is 586 g/mol. The second-order valence-electron chi connectivity index (χ2n) is 9.31. The number of methoxy groups -OCH3 is 2. The summed E-state index contributed by atoms with van der Waals surface area (Å²) in [5, 5.41) is 0.836. The normalized spacial score (nSPS) is 13.3. The molecule has 1 fully saturated rings. The Morgan fingerprint density at radius 2 is 1.52 bits per heavy atom. The van der Waals surface area contributed by atoms with E-state index in [2.05, 4.69) is 4.98 Å². The van der Waals surface area contributed by atoms with Crippen molar-refractivity contribution < 1.29 is 32.2 Å². The van der Waals surface area contributed by atoms with Gasteiger partial charge in [0, 0.05) is 59.9 Å². The molecule has 1 saturated heterocycles. The summed E-state index contributed by atoms with van der Waals surface area (Å²) in [5.74, 6) is 2.60. The number of carbonyl (C=O) groups excluding carboxylic acids is 1. The standard InChI is InChI=1S/C17H16N2O3.C12H16F3N3.CH2O/c1-20-16-9-13-14(10-17(16)21-2)19-7-6-15(13)22-12-5-3-4-11(18)8-12;13-12(14,15)10-7-9(17)1-2-11(10)18-5-3-8(16)4-6-18;1-2/h3-10H,18H2,1-2H3;1-2,7-8H,3-6,16-17H2;1H2. The van der Waals surface area contributed by atoms with Crippen molar-refractivity contribution in [3.8, 4) is 23.0 Å². The van der Waals surface area contributed by atoms with E-state index in [0.29, 0.717) is 54.6 Å². The minimum Gasteiger partial charge on any atom is -0.493 e. The molecule has 4 aromatic rings. The Morgan fingerprint density at radius 1 is 0.881 bits per heavy atom. The van der Waals surface area contributed by atoms with Gasteiger partial charge in [-0.15, -0.1) is 0 Å². The summed E-state index contributed by atoms with van der Waals surface area (Å²) in [6.07, 6.45) is -1.27. The van der Waals surface area contributed by atoms with Crippen molar-refractivity contribution in [1.29, 1.82) is 0 Å². The minimum atomic E-state index is -4.38. The third-order valence-electron chi connectivity index (χ3n) is 6.50. The summed E-state index contributed by atoms with van der Waals surface area (Å²) >= 11 is 0. The number of halogens is 3. The maximum Gasteiger partial charge on any atom is 0.418 e. The van der Waals surface area contributed by atoms with E-state index in [9.17, 15) is 13.2 Å². The van der Waals surface area contributed by atoms with Crippen LogP contribution in [0.2, 0.25) is 0 Å². The number of nitrogens with zero attached hydrogens (tertiary/aromatic N) is 2. The summed E-state index contributed by atoms with van der Waals surface area (Å²) in [6.45, 7) is 3.10. The van der Waals surface area contributed by atoms with E-state index < -0.39 is 11.7 Å². The highest BCUT2D eigenvalue weighted by molar-refractivity contribution is 5.88. The number of piperidine rings is 1. The quantitative estimate of drug-likeness (QED) is 0.253. The van der Waals surface area contributed by atoms with Crippen LogP contribution in [0, 0.1) is 0 Å². The fourth-order valence-electron chi connectivity index (χ4n) is 4.44. The smallest absolute Gasteiger partial charge is 0.418 e. The molecule has 1 aromatic heterocycles. The van der Waals surface area contributed by atoms with Crippen LogP contribution in [0.4, 0.5) is 30.2 Å². The Kier molecular flexibility index (Phi) is 10.8. The highest BCUT2D eigenvalue weighted by atomic mass is 19.4. The lowest BCUT2D eigenvalue weighted by atomic mass is 10.0. The minimum absolute atomic E-state index is 0.0874. The molecule has 0 unspecified atom stereocenters. The Balaban J connectivity index is 0.000000222. The van der Waals surface area contributed by atoms with Gasteiger partial charge in [-0.25, -0.2) is 0 Å². The van der Waals surface area contributed by atoms with Crippen molar-refractivity contribution in [2.75, 3.05) is 43.7 Å². The molecule has 0 bridgehead atoms. The summed E-state index contributed by atoms with van der Waals surface area (Å²) in [6, 6.07) is 16.8. The molecule has 0 aliphatic carbocycles. The predicted molar refractivity (Wildman–Crippen MR) is 158 cm³/mol. The van der Waals surface area contributed by atoms with E-state index in [1.807, 2.05) is 37.1 Å². The third-order valence-corrected chi connectivity index (χ3v) is 6.50. The molecule has 42 heavy (non-hydrogen) atoms. The Bertz CT molecular complexity index is 1480. The van der Waals surface area contributed by atoms with Gasteiger partial charge in [0.1, 0.15) is 18.3 Å². The fourth-order valence-corrected chi connectivity index (χ4v) is 4.44. The van der Waals surface area contributed by atoms with Gasteiger partial charge in [-0.2, -0.15) is 13.2 Å². The van der Waals surface area contributed by atoms with Crippen molar-refractivity contribution in [3.63, 3.8) is 0 Å². The number of ether oxygens (including phenoxy) is 3. The number of pyridine rings is 1. The van der Waals surface area contributed by atoms with Gasteiger partial charge in [-0.1, -0.05) is 6.07 Å². The van der Waals surface area contributed by atoms with Gasteiger partial charge in [0.15, 0.2) is 11.5 Å². The first-order chi connectivity index (χ1) is 20.1. The van der Waals surface area contributed by atoms with Crippen LogP contribution in [0.15, 0.2) is 66.9 Å². The molecule has 9 nitrogen and oxygen atoms in total. The number of benzene rings is 3. The molecule has 3 aromatic carbocycles. The zero-order chi connectivity index (χ0) is 30.9. The largest absolute Gasteiger partial charge is 0.493 e. The number of alkyl halides is 3. The Hall–Kier alpha value is -4.71.